The van der Waals surface area contributed by atoms with E-state index < -0.39 is 17.6 Å². The van der Waals surface area contributed by atoms with E-state index >= 15 is 0 Å². The van der Waals surface area contributed by atoms with Gasteiger partial charge in [0.05, 0.1) is 15.6 Å². The molecule has 1 rings (SSSR count). The van der Waals surface area contributed by atoms with Crippen LogP contribution in [0.5, 0.6) is 0 Å². The van der Waals surface area contributed by atoms with Gasteiger partial charge in [-0.3, -0.25) is 4.79 Å². The Morgan fingerprint density at radius 1 is 1.19 bits per heavy atom. The van der Waals surface area contributed by atoms with Crippen LogP contribution in [0.15, 0.2) is 12.1 Å². The number of ketones is 1. The Morgan fingerprint density at radius 2 is 1.85 bits per heavy atom. The van der Waals surface area contributed by atoms with Gasteiger partial charge in [-0.05, 0) is 45.7 Å². The first kappa shape index (κ1) is 23.0. The van der Waals surface area contributed by atoms with Crippen molar-refractivity contribution in [2.45, 2.75) is 45.6 Å². The molecule has 0 atom stereocenters. The lowest BCUT2D eigenvalue weighted by atomic mass is 10.0. The van der Waals surface area contributed by atoms with E-state index in [0.717, 1.165) is 0 Å². The average Bonchev–Trinajstić information content (AvgIpc) is 2.53. The zero-order chi connectivity index (χ0) is 20.6. The minimum Gasteiger partial charge on any atom is -0.444 e. The Bertz CT molecular complexity index is 708. The van der Waals surface area contributed by atoms with Gasteiger partial charge in [0.25, 0.3) is 5.91 Å². The quantitative estimate of drug-likeness (QED) is 0.501. The van der Waals surface area contributed by atoms with Gasteiger partial charge in [-0.1, -0.05) is 23.2 Å². The van der Waals surface area contributed by atoms with Gasteiger partial charge in [0.15, 0.2) is 0 Å². The molecule has 2 amide bonds. The molecule has 4 N–H and O–H groups in total. The summed E-state index contributed by atoms with van der Waals surface area (Å²) in [6.07, 6.45) is 1.15. The molecular weight excluding hydrogens is 393 g/mol. The van der Waals surface area contributed by atoms with Crippen LogP contribution in [0.1, 0.15) is 50.4 Å². The van der Waals surface area contributed by atoms with Crippen LogP contribution in [0.2, 0.25) is 10.0 Å². The first-order valence-corrected chi connectivity index (χ1v) is 9.27. The maximum absolute atomic E-state index is 11.9. The molecule has 0 fully saturated rings. The zero-order valence-corrected chi connectivity index (χ0v) is 17.2. The highest BCUT2D eigenvalue weighted by Gasteiger charge is 2.22. The topological polar surface area (TPSA) is 111 Å². The highest BCUT2D eigenvalue weighted by molar-refractivity contribution is 6.44. The van der Waals surface area contributed by atoms with Crippen LogP contribution in [-0.4, -0.2) is 36.5 Å². The Labute approximate surface area is 168 Å². The fourth-order valence-corrected chi connectivity index (χ4v) is 2.82. The molecule has 0 aromatic heterocycles. The fourth-order valence-electron chi connectivity index (χ4n) is 2.40. The van der Waals surface area contributed by atoms with E-state index in [9.17, 15) is 14.4 Å². The summed E-state index contributed by atoms with van der Waals surface area (Å²) in [4.78, 5) is 34.4. The second kappa shape index (κ2) is 10.4. The van der Waals surface area contributed by atoms with Gasteiger partial charge in [-0.25, -0.2) is 4.79 Å². The molecule has 1 aromatic rings. The van der Waals surface area contributed by atoms with Crippen LogP contribution in [0, 0.1) is 0 Å². The van der Waals surface area contributed by atoms with Crippen molar-refractivity contribution >= 4 is 46.7 Å². The summed E-state index contributed by atoms with van der Waals surface area (Å²) in [5.41, 5.74) is 5.18. The standard InChI is InChI=1S/C18H25Cl2N3O4/c1-11(24)5-4-8-18(2,3)27-17(26)23-10-9-22-13-7-6-12(19)15(20)14(13)16(21)25/h6-7,22H,4-5,8-10H2,1-3H3,(H2,21,25)(H,23,26). The third-order valence-electron chi connectivity index (χ3n) is 3.73. The van der Waals surface area contributed by atoms with Gasteiger partial charge < -0.3 is 25.9 Å². The van der Waals surface area contributed by atoms with E-state index in [4.69, 9.17) is 33.7 Å². The van der Waals surface area contributed by atoms with Crippen LogP contribution in [0.3, 0.4) is 0 Å². The molecule has 0 aliphatic carbocycles. The summed E-state index contributed by atoms with van der Waals surface area (Å²) in [5, 5.41) is 5.90. The molecule has 0 aliphatic rings. The second-order valence-electron chi connectivity index (χ2n) is 6.71. The van der Waals surface area contributed by atoms with Crippen LogP contribution < -0.4 is 16.4 Å². The average molecular weight is 418 g/mol. The molecule has 0 saturated carbocycles. The number of halogens is 2. The van der Waals surface area contributed by atoms with E-state index in [1.807, 2.05) is 0 Å². The van der Waals surface area contributed by atoms with Crippen molar-refractivity contribution in [3.8, 4) is 0 Å². The van der Waals surface area contributed by atoms with Crippen molar-refractivity contribution in [2.75, 3.05) is 18.4 Å². The van der Waals surface area contributed by atoms with Crippen molar-refractivity contribution in [2.24, 2.45) is 5.73 Å². The van der Waals surface area contributed by atoms with Gasteiger partial charge in [0.2, 0.25) is 0 Å². The van der Waals surface area contributed by atoms with Crippen molar-refractivity contribution in [1.82, 2.24) is 5.32 Å². The number of nitrogens with one attached hydrogen (secondary N) is 2. The molecule has 7 nitrogen and oxygen atoms in total. The summed E-state index contributed by atoms with van der Waals surface area (Å²) in [5.74, 6) is -0.594. The smallest absolute Gasteiger partial charge is 0.407 e. The maximum atomic E-state index is 11.9. The molecule has 0 spiro atoms. The SMILES string of the molecule is CC(=O)CCCC(C)(C)OC(=O)NCCNc1ccc(Cl)c(Cl)c1C(N)=O. The van der Waals surface area contributed by atoms with Gasteiger partial charge in [-0.2, -0.15) is 0 Å². The summed E-state index contributed by atoms with van der Waals surface area (Å²) >= 11 is 11.9. The van der Waals surface area contributed by atoms with Gasteiger partial charge in [-0.15, -0.1) is 0 Å². The van der Waals surface area contributed by atoms with Crippen LogP contribution in [-0.2, 0) is 9.53 Å². The largest absolute Gasteiger partial charge is 0.444 e. The minimum atomic E-state index is -0.704. The predicted octanol–water partition coefficient (Wildman–Crippen LogP) is 3.77. The first-order valence-electron chi connectivity index (χ1n) is 8.51. The second-order valence-corrected chi connectivity index (χ2v) is 7.49. The predicted molar refractivity (Wildman–Crippen MR) is 107 cm³/mol. The van der Waals surface area contributed by atoms with E-state index in [1.165, 1.54) is 6.92 Å². The van der Waals surface area contributed by atoms with Crippen molar-refractivity contribution in [1.29, 1.82) is 0 Å². The zero-order valence-electron chi connectivity index (χ0n) is 15.7. The highest BCUT2D eigenvalue weighted by Crippen LogP contribution is 2.31. The number of ether oxygens (including phenoxy) is 1. The number of carbonyl (C=O) groups is 3. The summed E-state index contributed by atoms with van der Waals surface area (Å²) in [6, 6.07) is 3.13. The summed E-state index contributed by atoms with van der Waals surface area (Å²) < 4.78 is 5.37. The van der Waals surface area contributed by atoms with E-state index in [0.29, 0.717) is 31.5 Å². The molecule has 150 valence electrons. The van der Waals surface area contributed by atoms with Gasteiger partial charge in [0, 0.05) is 25.2 Å². The number of hydrogen-bond donors (Lipinski definition) is 3. The number of alkyl carbamates (subject to hydrolysis) is 1. The van der Waals surface area contributed by atoms with Gasteiger partial charge in [0.1, 0.15) is 11.4 Å². The number of amides is 2. The van der Waals surface area contributed by atoms with Crippen molar-refractivity contribution in [3.05, 3.63) is 27.7 Å². The van der Waals surface area contributed by atoms with Crippen molar-refractivity contribution in [3.63, 3.8) is 0 Å². The van der Waals surface area contributed by atoms with E-state index in [2.05, 4.69) is 10.6 Å². The minimum absolute atomic E-state index is 0.0776. The number of benzene rings is 1. The third-order valence-corrected chi connectivity index (χ3v) is 4.53. The van der Waals surface area contributed by atoms with E-state index in [-0.39, 0.29) is 27.9 Å². The monoisotopic (exact) mass is 417 g/mol. The van der Waals surface area contributed by atoms with Gasteiger partial charge >= 0.3 is 6.09 Å². The molecule has 0 heterocycles. The molecule has 0 radical (unpaired) electrons. The number of rotatable bonds is 10. The molecule has 0 unspecified atom stereocenters. The molecule has 27 heavy (non-hydrogen) atoms. The highest BCUT2D eigenvalue weighted by atomic mass is 35.5. The Kier molecular flexibility index (Phi) is 8.85. The Balaban J connectivity index is 2.46. The lowest BCUT2D eigenvalue weighted by molar-refractivity contribution is -0.117. The fraction of sp³-hybridized carbons (Fsp3) is 0.500. The lowest BCUT2D eigenvalue weighted by Gasteiger charge is -2.25. The molecule has 0 bridgehead atoms. The maximum Gasteiger partial charge on any atom is 0.407 e. The first-order chi connectivity index (χ1) is 12.5. The number of hydrogen-bond acceptors (Lipinski definition) is 5. The number of Topliss-reactive ketones (excluding diaryl/α,β-unsaturated/α-hetero) is 1. The number of nitrogens with two attached hydrogens (primary N) is 1. The van der Waals surface area contributed by atoms with Crippen molar-refractivity contribution < 1.29 is 19.1 Å². The molecule has 0 saturated heterocycles. The van der Waals surface area contributed by atoms with E-state index in [1.54, 1.807) is 26.0 Å². The number of carbonyl (C=O) groups excluding carboxylic acids is 3. The van der Waals surface area contributed by atoms with Crippen LogP contribution in [0.4, 0.5) is 10.5 Å². The van der Waals surface area contributed by atoms with Crippen LogP contribution >= 0.6 is 23.2 Å². The third kappa shape index (κ3) is 8.05. The molecular formula is C18H25Cl2N3O4. The molecule has 0 aliphatic heterocycles. The molecule has 9 heteroatoms. The Morgan fingerprint density at radius 3 is 2.44 bits per heavy atom. The molecule has 1 aromatic carbocycles. The normalized spacial score (nSPS) is 11.0. The number of anilines is 1. The Hall–Kier alpha value is -1.99. The summed E-state index contributed by atoms with van der Waals surface area (Å²) in [6.45, 7) is 5.68. The van der Waals surface area contributed by atoms with Crippen LogP contribution in [0.25, 0.3) is 0 Å². The number of primary amides is 1. The summed E-state index contributed by atoms with van der Waals surface area (Å²) in [7, 11) is 0. The lowest BCUT2D eigenvalue weighted by Crippen LogP contribution is -2.36.